The number of hydrogen-bond acceptors (Lipinski definition) is 1. The lowest BCUT2D eigenvalue weighted by Gasteiger charge is -2.10. The molecule has 0 fully saturated rings. The summed E-state index contributed by atoms with van der Waals surface area (Å²) in [4.78, 5) is -0.620. The molecule has 0 saturated carbocycles. The Balaban J connectivity index is 2.48. The highest BCUT2D eigenvalue weighted by Crippen LogP contribution is 2.37. The minimum absolute atomic E-state index is 0.00556. The molecule has 1 aromatic carbocycles. The third-order valence-corrected chi connectivity index (χ3v) is 3.86. The van der Waals surface area contributed by atoms with Crippen molar-refractivity contribution in [2.24, 2.45) is 0 Å². The minimum Gasteiger partial charge on any atom is -0.457 e. The maximum atomic E-state index is 13.5. The van der Waals surface area contributed by atoms with Crippen molar-refractivity contribution in [3.63, 3.8) is 0 Å². The summed E-state index contributed by atoms with van der Waals surface area (Å²) in [6.07, 6.45) is 1.41. The van der Waals surface area contributed by atoms with E-state index in [1.54, 1.807) is 6.07 Å². The van der Waals surface area contributed by atoms with E-state index in [-0.39, 0.29) is 5.56 Å². The van der Waals surface area contributed by atoms with Gasteiger partial charge in [0.25, 0.3) is 0 Å². The van der Waals surface area contributed by atoms with Crippen LogP contribution in [-0.2, 0) is 0 Å². The summed E-state index contributed by atoms with van der Waals surface area (Å²) >= 11 is 6.35. The van der Waals surface area contributed by atoms with Crippen LogP contribution in [0.5, 0.6) is 0 Å². The highest BCUT2D eigenvalue weighted by Gasteiger charge is 2.21. The van der Waals surface area contributed by atoms with Gasteiger partial charge in [-0.2, -0.15) is 0 Å². The molecule has 0 aliphatic carbocycles. The van der Waals surface area contributed by atoms with Crippen LogP contribution in [-0.4, -0.2) is 0 Å². The molecule has 1 aromatic heterocycles. The van der Waals surface area contributed by atoms with E-state index in [0.29, 0.717) is 16.3 Å². The van der Waals surface area contributed by atoms with Crippen molar-refractivity contribution in [1.29, 1.82) is 0 Å². The van der Waals surface area contributed by atoms with Gasteiger partial charge in [-0.05, 0) is 28.1 Å². The van der Waals surface area contributed by atoms with E-state index in [2.05, 4.69) is 31.9 Å². The summed E-state index contributed by atoms with van der Waals surface area (Å²) < 4.78 is 44.8. The minimum atomic E-state index is -1.21. The summed E-state index contributed by atoms with van der Waals surface area (Å²) in [7, 11) is 0. The van der Waals surface area contributed by atoms with Crippen LogP contribution in [0.3, 0.4) is 0 Å². The van der Waals surface area contributed by atoms with E-state index in [1.165, 1.54) is 6.26 Å². The molecule has 0 amide bonds. The molecule has 0 spiro atoms. The first-order chi connectivity index (χ1) is 8.00. The molecule has 0 N–H and O–H groups in total. The average Bonchev–Trinajstić information content (AvgIpc) is 2.69. The largest absolute Gasteiger partial charge is 0.457 e. The van der Waals surface area contributed by atoms with Crippen molar-refractivity contribution in [1.82, 2.24) is 0 Å². The smallest absolute Gasteiger partial charge is 0.173 e. The Kier molecular flexibility index (Phi) is 3.63. The SMILES string of the molecule is Fc1cc(F)c(C(Br)c2ccoc2Br)cc1F. The third kappa shape index (κ3) is 2.42. The topological polar surface area (TPSA) is 13.1 Å². The van der Waals surface area contributed by atoms with Gasteiger partial charge >= 0.3 is 0 Å². The Morgan fingerprint density at radius 3 is 2.24 bits per heavy atom. The molecule has 90 valence electrons. The van der Waals surface area contributed by atoms with Crippen molar-refractivity contribution >= 4 is 31.9 Å². The summed E-state index contributed by atoms with van der Waals surface area (Å²) in [5, 5.41) is 0. The van der Waals surface area contributed by atoms with Crippen molar-refractivity contribution in [3.8, 4) is 0 Å². The van der Waals surface area contributed by atoms with Crippen LogP contribution in [0.4, 0.5) is 13.2 Å². The zero-order valence-corrected chi connectivity index (χ0v) is 11.4. The fourth-order valence-corrected chi connectivity index (χ4v) is 2.87. The van der Waals surface area contributed by atoms with Gasteiger partial charge in [0, 0.05) is 17.2 Å². The van der Waals surface area contributed by atoms with Crippen molar-refractivity contribution in [2.45, 2.75) is 4.83 Å². The number of halogens is 5. The van der Waals surface area contributed by atoms with E-state index in [0.717, 1.165) is 6.07 Å². The molecule has 1 atom stereocenters. The Labute approximate surface area is 112 Å². The summed E-state index contributed by atoms with van der Waals surface area (Å²) in [6.45, 7) is 0. The Bertz CT molecular complexity index is 554. The van der Waals surface area contributed by atoms with Crippen LogP contribution >= 0.6 is 31.9 Å². The molecule has 1 nitrogen and oxygen atoms in total. The molecular weight excluding hydrogens is 365 g/mol. The van der Waals surface area contributed by atoms with Gasteiger partial charge in [-0.15, -0.1) is 0 Å². The van der Waals surface area contributed by atoms with E-state index < -0.39 is 22.3 Å². The van der Waals surface area contributed by atoms with Crippen molar-refractivity contribution in [2.75, 3.05) is 0 Å². The van der Waals surface area contributed by atoms with Gasteiger partial charge < -0.3 is 4.42 Å². The maximum absolute atomic E-state index is 13.5. The van der Waals surface area contributed by atoms with Crippen molar-refractivity contribution in [3.05, 3.63) is 57.7 Å². The number of benzene rings is 1. The predicted molar refractivity (Wildman–Crippen MR) is 63.5 cm³/mol. The molecule has 0 aliphatic heterocycles. The lowest BCUT2D eigenvalue weighted by Crippen LogP contribution is -1.99. The van der Waals surface area contributed by atoms with Crippen LogP contribution in [0.15, 0.2) is 33.5 Å². The first-order valence-electron chi connectivity index (χ1n) is 4.52. The summed E-state index contributed by atoms with van der Waals surface area (Å²) in [5.41, 5.74) is 0.598. The first-order valence-corrected chi connectivity index (χ1v) is 6.23. The Morgan fingerprint density at radius 1 is 1.00 bits per heavy atom. The molecule has 0 radical (unpaired) electrons. The monoisotopic (exact) mass is 368 g/mol. The zero-order valence-electron chi connectivity index (χ0n) is 8.18. The first kappa shape index (κ1) is 12.7. The molecule has 0 bridgehead atoms. The van der Waals surface area contributed by atoms with Gasteiger partial charge in [0.15, 0.2) is 16.3 Å². The van der Waals surface area contributed by atoms with E-state index in [1.807, 2.05) is 0 Å². The Hall–Kier alpha value is -0.750. The number of hydrogen-bond donors (Lipinski definition) is 0. The van der Waals surface area contributed by atoms with Crippen molar-refractivity contribution < 1.29 is 17.6 Å². The molecule has 2 aromatic rings. The van der Waals surface area contributed by atoms with Gasteiger partial charge in [-0.1, -0.05) is 15.9 Å². The molecule has 2 rings (SSSR count). The van der Waals surface area contributed by atoms with Crippen LogP contribution < -0.4 is 0 Å². The van der Waals surface area contributed by atoms with Crippen LogP contribution in [0.1, 0.15) is 16.0 Å². The van der Waals surface area contributed by atoms with Crippen LogP contribution in [0.25, 0.3) is 0 Å². The number of furan rings is 1. The van der Waals surface area contributed by atoms with E-state index in [4.69, 9.17) is 4.42 Å². The predicted octanol–water partition coefficient (Wildman–Crippen LogP) is 4.94. The van der Waals surface area contributed by atoms with E-state index >= 15 is 0 Å². The normalized spacial score (nSPS) is 12.8. The molecule has 0 aliphatic rings. The van der Waals surface area contributed by atoms with Gasteiger partial charge in [-0.3, -0.25) is 0 Å². The van der Waals surface area contributed by atoms with Gasteiger partial charge in [0.2, 0.25) is 0 Å². The molecule has 6 heteroatoms. The quantitative estimate of drug-likeness (QED) is 0.539. The second kappa shape index (κ2) is 4.86. The van der Waals surface area contributed by atoms with Crippen LogP contribution in [0, 0.1) is 17.5 Å². The van der Waals surface area contributed by atoms with E-state index in [9.17, 15) is 13.2 Å². The average molecular weight is 370 g/mol. The summed E-state index contributed by atoms with van der Waals surface area (Å²) in [6, 6.07) is 2.95. The van der Waals surface area contributed by atoms with Gasteiger partial charge in [0.1, 0.15) is 5.82 Å². The number of rotatable bonds is 2. The highest BCUT2D eigenvalue weighted by atomic mass is 79.9. The second-order valence-electron chi connectivity index (χ2n) is 3.30. The van der Waals surface area contributed by atoms with Gasteiger partial charge in [-0.25, -0.2) is 13.2 Å². The molecule has 0 saturated heterocycles. The lowest BCUT2D eigenvalue weighted by molar-refractivity contribution is 0.490. The fourth-order valence-electron chi connectivity index (χ4n) is 1.38. The standard InChI is InChI=1S/C11H5Br2F3O/c12-10(5-1-2-17-11(5)13)6-3-8(15)9(16)4-7(6)14/h1-4,10H. The van der Waals surface area contributed by atoms with Gasteiger partial charge in [0.05, 0.1) is 11.1 Å². The third-order valence-electron chi connectivity index (χ3n) is 2.23. The molecular formula is C11H5Br2F3O. The summed E-state index contributed by atoms with van der Waals surface area (Å²) in [5.74, 6) is -3.12. The second-order valence-corrected chi connectivity index (χ2v) is 4.94. The highest BCUT2D eigenvalue weighted by molar-refractivity contribution is 9.10. The molecule has 1 unspecified atom stereocenters. The zero-order chi connectivity index (χ0) is 12.6. The van der Waals surface area contributed by atoms with Crippen LogP contribution in [0.2, 0.25) is 0 Å². The maximum Gasteiger partial charge on any atom is 0.173 e. The Morgan fingerprint density at radius 2 is 1.65 bits per heavy atom. The lowest BCUT2D eigenvalue weighted by atomic mass is 10.1. The molecule has 17 heavy (non-hydrogen) atoms. The molecule has 1 heterocycles. The number of alkyl halides is 1. The fraction of sp³-hybridized carbons (Fsp3) is 0.0909.